The fraction of sp³-hybridized carbons (Fsp3) is 0.643. The summed E-state index contributed by atoms with van der Waals surface area (Å²) in [6, 6.07) is 2.84. The second-order valence-electron chi connectivity index (χ2n) is 10.5. The topological polar surface area (TPSA) is 161 Å². The lowest BCUT2D eigenvalue weighted by molar-refractivity contribution is -0.157. The van der Waals surface area contributed by atoms with Crippen molar-refractivity contribution in [1.82, 2.24) is 0 Å². The summed E-state index contributed by atoms with van der Waals surface area (Å²) >= 11 is 0. The molecule has 0 bridgehead atoms. The first kappa shape index (κ1) is 31.9. The van der Waals surface area contributed by atoms with Gasteiger partial charge in [0.15, 0.2) is 11.5 Å². The Hall–Kier alpha value is -3.34. The molecule has 0 spiro atoms. The van der Waals surface area contributed by atoms with Crippen molar-refractivity contribution in [3.8, 4) is 11.5 Å². The molecule has 4 atom stereocenters. The number of carbonyl (C=O) groups excluding carboxylic acids is 3. The molecule has 1 aromatic carbocycles. The highest BCUT2D eigenvalue weighted by Gasteiger charge is 2.37. The third kappa shape index (κ3) is 9.72. The van der Waals surface area contributed by atoms with E-state index in [4.69, 9.17) is 29.4 Å². The Bertz CT molecular complexity index is 1000. The fourth-order valence-corrected chi connectivity index (χ4v) is 4.52. The van der Waals surface area contributed by atoms with E-state index in [-0.39, 0.29) is 23.4 Å². The summed E-state index contributed by atoms with van der Waals surface area (Å²) in [5.41, 5.74) is 6.49. The van der Waals surface area contributed by atoms with Crippen LogP contribution in [0.5, 0.6) is 11.5 Å². The maximum atomic E-state index is 12.8. The summed E-state index contributed by atoms with van der Waals surface area (Å²) in [5, 5.41) is 9.78. The normalized spacial score (nSPS) is 17.1. The van der Waals surface area contributed by atoms with Gasteiger partial charge in [0.05, 0.1) is 18.1 Å². The predicted octanol–water partition coefficient (Wildman–Crippen LogP) is 5.18. The van der Waals surface area contributed by atoms with Gasteiger partial charge in [-0.25, -0.2) is 9.59 Å². The summed E-state index contributed by atoms with van der Waals surface area (Å²) in [6.45, 7) is 9.99. The molecule has 0 radical (unpaired) electrons. The van der Waals surface area contributed by atoms with Gasteiger partial charge in [-0.15, -0.1) is 0 Å². The summed E-state index contributed by atoms with van der Waals surface area (Å²) in [4.78, 5) is 49.2. The minimum Gasteiger partial charge on any atom is -0.480 e. The average molecular weight is 552 g/mol. The molecule has 3 unspecified atom stereocenters. The van der Waals surface area contributed by atoms with Crippen LogP contribution in [0.15, 0.2) is 18.2 Å². The van der Waals surface area contributed by atoms with Crippen molar-refractivity contribution in [2.75, 3.05) is 0 Å². The number of benzene rings is 1. The van der Waals surface area contributed by atoms with E-state index in [0.717, 1.165) is 32.1 Å². The molecule has 0 saturated heterocycles. The number of rotatable bonds is 11. The largest absolute Gasteiger partial charge is 0.514 e. The maximum Gasteiger partial charge on any atom is 0.514 e. The first-order chi connectivity index (χ1) is 18.3. The van der Waals surface area contributed by atoms with Crippen molar-refractivity contribution in [3.05, 3.63) is 23.8 Å². The van der Waals surface area contributed by atoms with Gasteiger partial charge in [0.2, 0.25) is 0 Å². The number of hydrogen-bond acceptors (Lipinski definition) is 10. The lowest BCUT2D eigenvalue weighted by Crippen LogP contribution is -2.43. The number of esters is 1. The highest BCUT2D eigenvalue weighted by molar-refractivity contribution is 5.75. The molecule has 11 nitrogen and oxygen atoms in total. The van der Waals surface area contributed by atoms with E-state index in [1.165, 1.54) is 18.2 Å². The Labute approximate surface area is 229 Å². The Morgan fingerprint density at radius 3 is 1.87 bits per heavy atom. The van der Waals surface area contributed by atoms with Gasteiger partial charge in [-0.1, -0.05) is 32.3 Å². The minimum absolute atomic E-state index is 0.141. The van der Waals surface area contributed by atoms with Crippen LogP contribution in [0.3, 0.4) is 0 Å². The van der Waals surface area contributed by atoms with E-state index in [1.54, 1.807) is 41.5 Å². The van der Waals surface area contributed by atoms with E-state index < -0.39 is 54.5 Å². The zero-order chi connectivity index (χ0) is 29.3. The van der Waals surface area contributed by atoms with Gasteiger partial charge >= 0.3 is 24.2 Å². The molecule has 11 heteroatoms. The summed E-state index contributed by atoms with van der Waals surface area (Å²) in [5.74, 6) is -3.48. The number of hydrogen-bond donors (Lipinski definition) is 2. The van der Waals surface area contributed by atoms with Crippen LogP contribution < -0.4 is 15.2 Å². The SMILES string of the molecule is CC(C)OC(=O)Oc1ccc(C(C(C)C(C)OC(=O)C2CCCCC2)[C@H](N)C(=O)O)cc1OC(=O)OC(C)C. The number of carboxylic acids is 1. The fourth-order valence-electron chi connectivity index (χ4n) is 4.52. The standard InChI is InChI=1S/C28H41NO10/c1-15(2)35-27(33)38-21-13-12-20(14-22(21)39-28(34)36-16(3)4)23(24(29)25(30)31)17(5)18(6)37-26(32)19-10-8-7-9-11-19/h12-19,23-24H,7-11,29H2,1-6H3,(H,30,31)/t17?,18?,23?,24-/m0/s1. The molecule has 1 aliphatic rings. The molecule has 3 N–H and O–H groups in total. The molecule has 0 heterocycles. The third-order valence-electron chi connectivity index (χ3n) is 6.62. The van der Waals surface area contributed by atoms with Crippen LogP contribution >= 0.6 is 0 Å². The van der Waals surface area contributed by atoms with Gasteiger partial charge in [-0.2, -0.15) is 0 Å². The number of ether oxygens (including phenoxy) is 5. The van der Waals surface area contributed by atoms with Crippen molar-refractivity contribution in [3.63, 3.8) is 0 Å². The first-order valence-electron chi connectivity index (χ1n) is 13.4. The van der Waals surface area contributed by atoms with Crippen LogP contribution in [-0.2, 0) is 23.8 Å². The molecule has 0 aliphatic heterocycles. The smallest absolute Gasteiger partial charge is 0.480 e. The monoisotopic (exact) mass is 551 g/mol. The van der Waals surface area contributed by atoms with E-state index in [0.29, 0.717) is 5.56 Å². The number of carboxylic acid groups (broad SMARTS) is 1. The van der Waals surface area contributed by atoms with E-state index in [1.807, 2.05) is 0 Å². The second-order valence-corrected chi connectivity index (χ2v) is 10.5. The van der Waals surface area contributed by atoms with Gasteiger partial charge < -0.3 is 34.5 Å². The molecule has 218 valence electrons. The Kier molecular flexibility index (Phi) is 12.0. The second kappa shape index (κ2) is 14.7. The zero-order valence-electron chi connectivity index (χ0n) is 23.5. The van der Waals surface area contributed by atoms with Crippen LogP contribution in [0.2, 0.25) is 0 Å². The lowest BCUT2D eigenvalue weighted by atomic mass is 9.79. The van der Waals surface area contributed by atoms with Crippen LogP contribution in [0, 0.1) is 11.8 Å². The van der Waals surface area contributed by atoms with Gasteiger partial charge in [-0.3, -0.25) is 9.59 Å². The van der Waals surface area contributed by atoms with Crippen LogP contribution in [0.1, 0.15) is 85.1 Å². The van der Waals surface area contributed by atoms with Crippen molar-refractivity contribution >= 4 is 24.2 Å². The van der Waals surface area contributed by atoms with Crippen molar-refractivity contribution in [2.45, 2.75) is 104 Å². The molecule has 1 fully saturated rings. The highest BCUT2D eigenvalue weighted by Crippen LogP contribution is 2.38. The molecule has 2 rings (SSSR count). The molecular formula is C28H41NO10. The van der Waals surface area contributed by atoms with Crippen molar-refractivity contribution < 1.29 is 48.0 Å². The number of aliphatic carboxylic acids is 1. The predicted molar refractivity (Wildman–Crippen MR) is 141 cm³/mol. The maximum absolute atomic E-state index is 12.8. The zero-order valence-corrected chi connectivity index (χ0v) is 23.5. The van der Waals surface area contributed by atoms with Gasteiger partial charge in [0, 0.05) is 11.8 Å². The molecule has 39 heavy (non-hydrogen) atoms. The van der Waals surface area contributed by atoms with Crippen molar-refractivity contribution in [2.24, 2.45) is 17.6 Å². The van der Waals surface area contributed by atoms with E-state index in [9.17, 15) is 24.3 Å². The van der Waals surface area contributed by atoms with Crippen molar-refractivity contribution in [1.29, 1.82) is 0 Å². The van der Waals surface area contributed by atoms with Gasteiger partial charge in [-0.05, 0) is 65.2 Å². The third-order valence-corrected chi connectivity index (χ3v) is 6.62. The minimum atomic E-state index is -1.39. The summed E-state index contributed by atoms with van der Waals surface area (Å²) in [7, 11) is 0. The molecule has 0 amide bonds. The molecule has 1 saturated carbocycles. The quantitative estimate of drug-likeness (QED) is 0.212. The summed E-state index contributed by atoms with van der Waals surface area (Å²) < 4.78 is 26.3. The lowest BCUT2D eigenvalue weighted by Gasteiger charge is -2.33. The van der Waals surface area contributed by atoms with E-state index >= 15 is 0 Å². The van der Waals surface area contributed by atoms with Crippen LogP contribution in [-0.4, -0.2) is 53.7 Å². The van der Waals surface area contributed by atoms with E-state index in [2.05, 4.69) is 0 Å². The number of carbonyl (C=O) groups is 4. The van der Waals surface area contributed by atoms with Crippen LogP contribution in [0.25, 0.3) is 0 Å². The molecule has 0 aromatic heterocycles. The average Bonchev–Trinajstić information content (AvgIpc) is 2.84. The summed E-state index contributed by atoms with van der Waals surface area (Å²) in [6.07, 6.45) is 0.901. The molecule has 1 aromatic rings. The first-order valence-corrected chi connectivity index (χ1v) is 13.4. The Morgan fingerprint density at radius 2 is 1.36 bits per heavy atom. The van der Waals surface area contributed by atoms with Gasteiger partial charge in [0.25, 0.3) is 0 Å². The Morgan fingerprint density at radius 1 is 0.821 bits per heavy atom. The Balaban J connectivity index is 2.39. The molecule has 1 aliphatic carbocycles. The number of nitrogens with two attached hydrogens (primary N) is 1. The highest BCUT2D eigenvalue weighted by atomic mass is 16.7. The molecular weight excluding hydrogens is 510 g/mol. The van der Waals surface area contributed by atoms with Gasteiger partial charge in [0.1, 0.15) is 12.1 Å². The van der Waals surface area contributed by atoms with Crippen LogP contribution in [0.4, 0.5) is 9.59 Å².